The van der Waals surface area contributed by atoms with Crippen molar-refractivity contribution in [2.24, 2.45) is 5.41 Å². The maximum Gasteiger partial charge on any atom is 0.242 e. The molecule has 0 unspecified atom stereocenters. The number of nitrogens with zero attached hydrogens (tertiary/aromatic N) is 2. The van der Waals surface area contributed by atoms with Gasteiger partial charge in [-0.3, -0.25) is 9.59 Å². The van der Waals surface area contributed by atoms with Gasteiger partial charge in [0.25, 0.3) is 0 Å². The topological polar surface area (TPSA) is 52.7 Å². The van der Waals surface area contributed by atoms with Gasteiger partial charge in [0.05, 0.1) is 6.04 Å². The molecule has 3 aliphatic rings. The summed E-state index contributed by atoms with van der Waals surface area (Å²) in [5, 5.41) is 3.19. The third kappa shape index (κ3) is 5.26. The number of rotatable bonds is 5. The predicted octanol–water partition coefficient (Wildman–Crippen LogP) is 4.56. The molecule has 2 heterocycles. The molecule has 6 heteroatoms. The summed E-state index contributed by atoms with van der Waals surface area (Å²) in [5.41, 5.74) is 2.46. The van der Waals surface area contributed by atoms with Crippen LogP contribution in [0.25, 0.3) is 0 Å². The van der Waals surface area contributed by atoms with Crippen LogP contribution in [0.3, 0.4) is 0 Å². The van der Waals surface area contributed by atoms with Crippen LogP contribution in [0.4, 0.5) is 4.39 Å². The number of likely N-dealkylation sites (tertiary alicyclic amines) is 2. The molecule has 33 heavy (non-hydrogen) atoms. The molecular formula is C27H40FN3O2. The Bertz CT molecular complexity index is 886. The largest absolute Gasteiger partial charge is 0.348 e. The zero-order chi connectivity index (χ0) is 23.8. The van der Waals surface area contributed by atoms with E-state index in [1.54, 1.807) is 11.0 Å². The number of carbonyl (C=O) groups is 2. The second-order valence-corrected chi connectivity index (χ2v) is 11.6. The minimum Gasteiger partial charge on any atom is -0.348 e. The first-order valence-electron chi connectivity index (χ1n) is 12.7. The number of nitrogens with one attached hydrogen (secondary N) is 1. The number of halogens is 1. The summed E-state index contributed by atoms with van der Waals surface area (Å²) >= 11 is 0. The minimum atomic E-state index is -0.467. The Balaban J connectivity index is 1.47. The van der Waals surface area contributed by atoms with Crippen LogP contribution in [-0.4, -0.2) is 53.8 Å². The molecule has 2 fully saturated rings. The highest BCUT2D eigenvalue weighted by Crippen LogP contribution is 2.48. The number of hydrogen-bond acceptors (Lipinski definition) is 3. The van der Waals surface area contributed by atoms with E-state index in [2.05, 4.69) is 31.0 Å². The van der Waals surface area contributed by atoms with Gasteiger partial charge in [-0.1, -0.05) is 26.8 Å². The molecule has 0 bridgehead atoms. The van der Waals surface area contributed by atoms with E-state index in [1.165, 1.54) is 12.5 Å². The Kier molecular flexibility index (Phi) is 6.86. The van der Waals surface area contributed by atoms with Crippen molar-refractivity contribution < 1.29 is 14.0 Å². The van der Waals surface area contributed by atoms with Crippen molar-refractivity contribution in [1.82, 2.24) is 15.1 Å². The monoisotopic (exact) mass is 457 g/mol. The quantitative estimate of drug-likeness (QED) is 0.705. The van der Waals surface area contributed by atoms with Gasteiger partial charge in [-0.15, -0.1) is 0 Å². The number of piperidine rings is 1. The number of benzene rings is 1. The van der Waals surface area contributed by atoms with Crippen LogP contribution in [0.1, 0.15) is 89.8 Å². The van der Waals surface area contributed by atoms with Gasteiger partial charge in [0.15, 0.2) is 0 Å². The van der Waals surface area contributed by atoms with Crippen LogP contribution in [0, 0.1) is 11.2 Å². The Labute approximate surface area is 198 Å². The fourth-order valence-electron chi connectivity index (χ4n) is 5.88. The number of amides is 2. The molecule has 4 rings (SSSR count). The average Bonchev–Trinajstić information content (AvgIpc) is 3.20. The van der Waals surface area contributed by atoms with Crippen molar-refractivity contribution in [2.75, 3.05) is 26.2 Å². The molecule has 182 valence electrons. The molecule has 1 aromatic rings. The van der Waals surface area contributed by atoms with E-state index in [-0.39, 0.29) is 29.1 Å². The molecule has 0 radical (unpaired) electrons. The molecule has 2 amide bonds. The van der Waals surface area contributed by atoms with Crippen molar-refractivity contribution in [1.29, 1.82) is 0 Å². The van der Waals surface area contributed by atoms with Gasteiger partial charge in [-0.2, -0.15) is 0 Å². The maximum atomic E-state index is 14.4. The lowest BCUT2D eigenvalue weighted by Crippen LogP contribution is -2.49. The maximum absolute atomic E-state index is 14.4. The van der Waals surface area contributed by atoms with Crippen LogP contribution in [0.5, 0.6) is 0 Å². The molecule has 1 aliphatic carbocycles. The minimum absolute atomic E-state index is 0.00652. The van der Waals surface area contributed by atoms with Crippen LogP contribution < -0.4 is 5.32 Å². The summed E-state index contributed by atoms with van der Waals surface area (Å²) in [5.74, 6) is -0.259. The molecule has 1 N–H and O–H groups in total. The molecule has 2 atom stereocenters. The van der Waals surface area contributed by atoms with E-state index in [9.17, 15) is 14.0 Å². The Morgan fingerprint density at radius 1 is 1.21 bits per heavy atom. The third-order valence-corrected chi connectivity index (χ3v) is 8.14. The molecule has 1 spiro atoms. The van der Waals surface area contributed by atoms with Crippen molar-refractivity contribution >= 4 is 11.8 Å². The molecule has 1 aromatic carbocycles. The lowest BCUT2D eigenvalue weighted by molar-refractivity contribution is -0.137. The van der Waals surface area contributed by atoms with Crippen molar-refractivity contribution in [3.63, 3.8) is 0 Å². The zero-order valence-corrected chi connectivity index (χ0v) is 20.8. The molecule has 2 saturated heterocycles. The molecule has 0 aromatic heterocycles. The zero-order valence-electron chi connectivity index (χ0n) is 20.8. The fraction of sp³-hybridized carbons (Fsp3) is 0.704. The number of carbonyl (C=O) groups excluding carboxylic acids is 2. The second-order valence-electron chi connectivity index (χ2n) is 11.6. The van der Waals surface area contributed by atoms with Gasteiger partial charge in [-0.25, -0.2) is 4.39 Å². The number of hydrogen-bond donors (Lipinski definition) is 1. The summed E-state index contributed by atoms with van der Waals surface area (Å²) in [6.07, 6.45) is 6.40. The van der Waals surface area contributed by atoms with Crippen molar-refractivity contribution in [2.45, 2.75) is 90.1 Å². The third-order valence-electron chi connectivity index (χ3n) is 8.14. The van der Waals surface area contributed by atoms with Crippen LogP contribution >= 0.6 is 0 Å². The average molecular weight is 458 g/mol. The van der Waals surface area contributed by atoms with Gasteiger partial charge in [0.1, 0.15) is 11.9 Å². The van der Waals surface area contributed by atoms with E-state index < -0.39 is 6.04 Å². The first-order chi connectivity index (χ1) is 15.6. The van der Waals surface area contributed by atoms with E-state index in [0.717, 1.165) is 62.9 Å². The molecule has 0 saturated carbocycles. The highest BCUT2D eigenvalue weighted by molar-refractivity contribution is 5.88. The van der Waals surface area contributed by atoms with Crippen LogP contribution in [0.15, 0.2) is 18.2 Å². The SMILES string of the molecule is C[C@H](C(=O)N[C@@H]1CCC2(CCN(CCC(C)(C)C)CC2)c2cc(F)ccc21)N1CCCC1=O. The molecule has 5 nitrogen and oxygen atoms in total. The summed E-state index contributed by atoms with van der Waals surface area (Å²) < 4.78 is 14.4. The van der Waals surface area contributed by atoms with E-state index in [0.29, 0.717) is 18.4 Å². The molecular weight excluding hydrogens is 417 g/mol. The first kappa shape index (κ1) is 24.2. The smallest absolute Gasteiger partial charge is 0.242 e. The first-order valence-corrected chi connectivity index (χ1v) is 12.7. The predicted molar refractivity (Wildman–Crippen MR) is 128 cm³/mol. The van der Waals surface area contributed by atoms with Crippen LogP contribution in [0.2, 0.25) is 0 Å². The fourth-order valence-corrected chi connectivity index (χ4v) is 5.88. The summed E-state index contributed by atoms with van der Waals surface area (Å²) in [6.45, 7) is 12.5. The summed E-state index contributed by atoms with van der Waals surface area (Å²) in [7, 11) is 0. The van der Waals surface area contributed by atoms with Crippen LogP contribution in [-0.2, 0) is 15.0 Å². The van der Waals surface area contributed by atoms with E-state index in [1.807, 2.05) is 13.0 Å². The summed E-state index contributed by atoms with van der Waals surface area (Å²) in [6, 6.07) is 4.51. The normalized spacial score (nSPS) is 24.1. The highest BCUT2D eigenvalue weighted by Gasteiger charge is 2.43. The standard InChI is InChI=1S/C27H40FN3O2/c1-19(31-14-5-6-24(31)32)25(33)29-23-9-10-27(22-18-20(28)7-8-21(22)23)12-16-30(17-13-27)15-11-26(2,3)4/h7-8,18-19,23H,5-6,9-17H2,1-4H3,(H,29,33)/t19-,23-/m1/s1. The second kappa shape index (κ2) is 9.36. The van der Waals surface area contributed by atoms with Gasteiger partial charge in [0.2, 0.25) is 11.8 Å². The van der Waals surface area contributed by atoms with Gasteiger partial charge in [-0.05, 0) is 99.2 Å². The van der Waals surface area contributed by atoms with Gasteiger partial charge >= 0.3 is 0 Å². The Morgan fingerprint density at radius 3 is 2.58 bits per heavy atom. The lowest BCUT2D eigenvalue weighted by Gasteiger charge is -2.47. The summed E-state index contributed by atoms with van der Waals surface area (Å²) in [4.78, 5) is 29.3. The van der Waals surface area contributed by atoms with Gasteiger partial charge in [0, 0.05) is 13.0 Å². The van der Waals surface area contributed by atoms with E-state index >= 15 is 0 Å². The van der Waals surface area contributed by atoms with E-state index in [4.69, 9.17) is 0 Å². The van der Waals surface area contributed by atoms with Crippen molar-refractivity contribution in [3.05, 3.63) is 35.1 Å². The molecule has 2 aliphatic heterocycles. The lowest BCUT2D eigenvalue weighted by atomic mass is 9.63. The Morgan fingerprint density at radius 2 is 1.94 bits per heavy atom. The Hall–Kier alpha value is -1.95. The number of fused-ring (bicyclic) bond motifs is 2. The highest BCUT2D eigenvalue weighted by atomic mass is 19.1. The van der Waals surface area contributed by atoms with Crippen molar-refractivity contribution in [3.8, 4) is 0 Å². The van der Waals surface area contributed by atoms with Gasteiger partial charge < -0.3 is 15.1 Å².